The van der Waals surface area contributed by atoms with Crippen LogP contribution in [0.25, 0.3) is 10.9 Å². The number of aromatic nitrogens is 1. The first-order chi connectivity index (χ1) is 17.2. The number of rotatable bonds is 5. The van der Waals surface area contributed by atoms with Crippen LogP contribution in [0.5, 0.6) is 0 Å². The molecule has 3 atom stereocenters. The molecule has 0 saturated carbocycles. The minimum atomic E-state index is -1.20. The molecule has 2 unspecified atom stereocenters. The Bertz CT molecular complexity index is 1450. The van der Waals surface area contributed by atoms with Gasteiger partial charge in [0, 0.05) is 32.5 Å². The summed E-state index contributed by atoms with van der Waals surface area (Å²) in [6.45, 7) is 2.45. The van der Waals surface area contributed by atoms with Crippen LogP contribution in [-0.2, 0) is 6.42 Å². The van der Waals surface area contributed by atoms with Crippen molar-refractivity contribution in [1.82, 2.24) is 10.3 Å². The Kier molecular flexibility index (Phi) is 7.05. The molecule has 3 aromatic carbocycles. The number of aryl methyl sites for hydroxylation is 1. The van der Waals surface area contributed by atoms with Gasteiger partial charge in [0.25, 0.3) is 5.56 Å². The number of halogens is 3. The van der Waals surface area contributed by atoms with E-state index in [1.54, 1.807) is 18.2 Å². The Balaban J connectivity index is 1.57. The van der Waals surface area contributed by atoms with Crippen molar-refractivity contribution >= 4 is 38.4 Å². The molecule has 186 valence electrons. The molecule has 4 aromatic rings. The van der Waals surface area contributed by atoms with E-state index in [1.165, 1.54) is 6.07 Å². The minimum Gasteiger partial charge on any atom is -0.389 e. The Morgan fingerprint density at radius 2 is 1.92 bits per heavy atom. The average Bonchev–Trinajstić information content (AvgIpc) is 2.80. The summed E-state index contributed by atoms with van der Waals surface area (Å²) in [4.78, 5) is 16.4. The lowest BCUT2D eigenvalue weighted by Gasteiger charge is -2.43. The van der Waals surface area contributed by atoms with Crippen LogP contribution in [0.15, 0.2) is 76.0 Å². The topological polar surface area (TPSA) is 65.1 Å². The summed E-state index contributed by atoms with van der Waals surface area (Å²) in [5.41, 5.74) is 2.39. The normalized spacial score (nSPS) is 21.0. The van der Waals surface area contributed by atoms with Crippen LogP contribution in [0, 0.1) is 12.7 Å². The molecule has 1 aliphatic rings. The summed E-state index contributed by atoms with van der Waals surface area (Å²) in [6.07, 6.45) is 1.45. The summed E-state index contributed by atoms with van der Waals surface area (Å²) in [7, 11) is 0. The highest BCUT2D eigenvalue weighted by Gasteiger charge is 2.43. The number of hydrogen-bond donors (Lipinski definition) is 3. The summed E-state index contributed by atoms with van der Waals surface area (Å²) < 4.78 is 14.9. The molecule has 5 rings (SSSR count). The lowest BCUT2D eigenvalue weighted by molar-refractivity contribution is -0.0188. The van der Waals surface area contributed by atoms with Crippen molar-refractivity contribution in [2.75, 3.05) is 6.54 Å². The highest BCUT2D eigenvalue weighted by Crippen LogP contribution is 2.41. The molecule has 0 amide bonds. The lowest BCUT2D eigenvalue weighted by Crippen LogP contribution is -2.52. The lowest BCUT2D eigenvalue weighted by atomic mass is 9.70. The molecule has 7 heteroatoms. The molecule has 1 aromatic heterocycles. The van der Waals surface area contributed by atoms with Crippen molar-refractivity contribution in [3.05, 3.63) is 115 Å². The van der Waals surface area contributed by atoms with Gasteiger partial charge >= 0.3 is 0 Å². The van der Waals surface area contributed by atoms with Crippen LogP contribution in [0.2, 0.25) is 5.02 Å². The number of fused-ring (bicyclic) bond motifs is 1. The van der Waals surface area contributed by atoms with Crippen LogP contribution >= 0.6 is 27.5 Å². The summed E-state index contributed by atoms with van der Waals surface area (Å²) in [6, 6.07) is 19.9. The van der Waals surface area contributed by atoms with E-state index in [-0.39, 0.29) is 17.4 Å². The van der Waals surface area contributed by atoms with Crippen LogP contribution in [0.4, 0.5) is 4.39 Å². The van der Waals surface area contributed by atoms with Crippen molar-refractivity contribution in [2.45, 2.75) is 43.7 Å². The van der Waals surface area contributed by atoms with Gasteiger partial charge in [0.1, 0.15) is 5.82 Å². The van der Waals surface area contributed by atoms with Crippen molar-refractivity contribution in [1.29, 1.82) is 0 Å². The van der Waals surface area contributed by atoms with Crippen molar-refractivity contribution < 1.29 is 9.50 Å². The van der Waals surface area contributed by atoms with E-state index < -0.39 is 11.5 Å². The summed E-state index contributed by atoms with van der Waals surface area (Å²) >= 11 is 9.68. The number of nitrogens with one attached hydrogen (secondary N) is 2. The molecule has 0 aliphatic carbocycles. The Hall–Kier alpha value is -2.51. The molecule has 36 heavy (non-hydrogen) atoms. The molecule has 0 radical (unpaired) electrons. The van der Waals surface area contributed by atoms with Gasteiger partial charge in [-0.2, -0.15) is 0 Å². The maximum atomic E-state index is 14.0. The second-order valence-electron chi connectivity index (χ2n) is 9.82. The minimum absolute atomic E-state index is 0.0755. The van der Waals surface area contributed by atoms with Gasteiger partial charge in [-0.1, -0.05) is 45.7 Å². The molecule has 3 N–H and O–H groups in total. The van der Waals surface area contributed by atoms with E-state index in [0.717, 1.165) is 32.1 Å². The maximum Gasteiger partial charge on any atom is 0.252 e. The van der Waals surface area contributed by atoms with Gasteiger partial charge in [-0.05, 0) is 103 Å². The van der Waals surface area contributed by atoms with Crippen LogP contribution in [-0.4, -0.2) is 28.3 Å². The highest BCUT2D eigenvalue weighted by molar-refractivity contribution is 9.10. The van der Waals surface area contributed by atoms with E-state index in [0.29, 0.717) is 36.4 Å². The molecular weight excluding hydrogens is 543 g/mol. The SMILES string of the molecule is Cc1cc(F)cc(C[C@H]2CC(O)(C(c3ccc(Cl)cc3)c3cc4cc(Br)ccc4[nH]c3=O)CCN2)c1. The van der Waals surface area contributed by atoms with E-state index in [4.69, 9.17) is 11.6 Å². The van der Waals surface area contributed by atoms with Gasteiger partial charge in [0.15, 0.2) is 0 Å². The van der Waals surface area contributed by atoms with Gasteiger partial charge in [0.2, 0.25) is 0 Å². The molecular formula is C29H27BrClFN2O2. The fourth-order valence-corrected chi connectivity index (χ4v) is 6.06. The van der Waals surface area contributed by atoms with Crippen molar-refractivity contribution in [3.63, 3.8) is 0 Å². The first-order valence-corrected chi connectivity index (χ1v) is 13.2. The fraction of sp³-hybridized carbons (Fsp3) is 0.276. The first-order valence-electron chi connectivity index (χ1n) is 12.0. The molecule has 4 nitrogen and oxygen atoms in total. The average molecular weight is 570 g/mol. The van der Waals surface area contributed by atoms with Gasteiger partial charge in [-0.25, -0.2) is 4.39 Å². The van der Waals surface area contributed by atoms with Gasteiger partial charge in [0.05, 0.1) is 5.60 Å². The van der Waals surface area contributed by atoms with E-state index in [9.17, 15) is 14.3 Å². The standard InChI is InChI=1S/C29H27BrClFN2O2/c1-17-10-18(12-23(32)11-17)13-24-16-29(36,8-9-33-24)27(19-2-5-22(31)6-3-19)25-15-20-14-21(30)4-7-26(20)34-28(25)35/h2-7,10-12,14-15,24,27,33,36H,8-9,13,16H2,1H3,(H,34,35)/t24-,27?,29?/m0/s1. The summed E-state index contributed by atoms with van der Waals surface area (Å²) in [5.74, 6) is -0.829. The van der Waals surface area contributed by atoms with Gasteiger partial charge < -0.3 is 15.4 Å². The molecule has 0 bridgehead atoms. The predicted molar refractivity (Wildman–Crippen MR) is 146 cm³/mol. The predicted octanol–water partition coefficient (Wildman–Crippen LogP) is 6.25. The van der Waals surface area contributed by atoms with Crippen LogP contribution < -0.4 is 10.9 Å². The number of aliphatic hydroxyl groups is 1. The smallest absolute Gasteiger partial charge is 0.252 e. The Morgan fingerprint density at radius 3 is 2.67 bits per heavy atom. The Labute approximate surface area is 222 Å². The quantitative estimate of drug-likeness (QED) is 0.266. The van der Waals surface area contributed by atoms with E-state index in [2.05, 4.69) is 26.2 Å². The highest BCUT2D eigenvalue weighted by atomic mass is 79.9. The first kappa shape index (κ1) is 25.2. The van der Waals surface area contributed by atoms with Crippen molar-refractivity contribution in [3.8, 4) is 0 Å². The van der Waals surface area contributed by atoms with Crippen LogP contribution in [0.1, 0.15) is 41.0 Å². The Morgan fingerprint density at radius 1 is 1.14 bits per heavy atom. The maximum absolute atomic E-state index is 14.0. The number of piperidine rings is 1. The van der Waals surface area contributed by atoms with Crippen molar-refractivity contribution in [2.24, 2.45) is 0 Å². The summed E-state index contributed by atoms with van der Waals surface area (Å²) in [5, 5.41) is 17.2. The second kappa shape index (κ2) is 10.1. The third-order valence-electron chi connectivity index (χ3n) is 7.06. The van der Waals surface area contributed by atoms with Crippen LogP contribution in [0.3, 0.4) is 0 Å². The number of hydrogen-bond acceptors (Lipinski definition) is 3. The molecule has 0 spiro atoms. The van der Waals surface area contributed by atoms with Gasteiger partial charge in [-0.3, -0.25) is 4.79 Å². The number of H-pyrrole nitrogens is 1. The van der Waals surface area contributed by atoms with E-state index >= 15 is 0 Å². The fourth-order valence-electron chi connectivity index (χ4n) is 5.56. The van der Waals surface area contributed by atoms with E-state index in [1.807, 2.05) is 49.4 Å². The molecule has 1 saturated heterocycles. The third-order valence-corrected chi connectivity index (χ3v) is 7.81. The molecule has 1 fully saturated rings. The number of aromatic amines is 1. The zero-order chi connectivity index (χ0) is 25.4. The molecule has 1 aliphatic heterocycles. The van der Waals surface area contributed by atoms with Gasteiger partial charge in [-0.15, -0.1) is 0 Å². The largest absolute Gasteiger partial charge is 0.389 e. The monoisotopic (exact) mass is 568 g/mol. The molecule has 2 heterocycles. The zero-order valence-corrected chi connectivity index (χ0v) is 22.2. The second-order valence-corrected chi connectivity index (χ2v) is 11.2. The number of pyridine rings is 1. The number of benzene rings is 3. The zero-order valence-electron chi connectivity index (χ0n) is 19.8. The third kappa shape index (κ3) is 5.28.